The van der Waals surface area contributed by atoms with Crippen molar-refractivity contribution in [1.82, 2.24) is 4.98 Å². The summed E-state index contributed by atoms with van der Waals surface area (Å²) in [5.74, 6) is -0.541. The van der Waals surface area contributed by atoms with Gasteiger partial charge >= 0.3 is 0 Å². The molecule has 0 amide bonds. The van der Waals surface area contributed by atoms with Gasteiger partial charge in [0.2, 0.25) is 0 Å². The van der Waals surface area contributed by atoms with Crippen molar-refractivity contribution in [1.29, 1.82) is 0 Å². The molecular formula is C24H26ClFN2O2S2. The van der Waals surface area contributed by atoms with Crippen molar-refractivity contribution in [3.05, 3.63) is 75.5 Å². The number of hydrogen-bond acceptors (Lipinski definition) is 5. The maximum atomic E-state index is 13.3. The third-order valence-electron chi connectivity index (χ3n) is 5.84. The third kappa shape index (κ3) is 5.16. The van der Waals surface area contributed by atoms with Gasteiger partial charge in [-0.2, -0.15) is 0 Å². The van der Waals surface area contributed by atoms with Crippen molar-refractivity contribution in [3.8, 4) is 0 Å². The minimum Gasteiger partial charge on any atom is -0.348 e. The molecule has 1 saturated heterocycles. The van der Waals surface area contributed by atoms with Crippen molar-refractivity contribution >= 4 is 37.9 Å². The Bertz CT molecular complexity index is 1170. The Kier molecular flexibility index (Phi) is 7.17. The lowest BCUT2D eigenvalue weighted by Crippen LogP contribution is -2.39. The maximum absolute atomic E-state index is 13.3. The summed E-state index contributed by atoms with van der Waals surface area (Å²) in [6.45, 7) is 3.41. The molecule has 8 heteroatoms. The Balaban J connectivity index is 1.38. The maximum Gasteiger partial charge on any atom is 0.185 e. The average Bonchev–Trinajstić information content (AvgIpc) is 3.24. The largest absolute Gasteiger partial charge is 0.348 e. The van der Waals surface area contributed by atoms with Gasteiger partial charge in [0, 0.05) is 24.9 Å². The lowest BCUT2D eigenvalue weighted by Gasteiger charge is -2.31. The van der Waals surface area contributed by atoms with Crippen LogP contribution < -0.4 is 4.90 Å². The van der Waals surface area contributed by atoms with Crippen molar-refractivity contribution in [2.24, 2.45) is 0 Å². The molecule has 0 unspecified atom stereocenters. The summed E-state index contributed by atoms with van der Waals surface area (Å²) < 4.78 is 39.3. The minimum atomic E-state index is -3.60. The van der Waals surface area contributed by atoms with Gasteiger partial charge < -0.3 is 4.90 Å². The summed E-state index contributed by atoms with van der Waals surface area (Å²) in [5, 5.41) is 2.43. The second-order valence-corrected chi connectivity index (χ2v) is 11.6. The van der Waals surface area contributed by atoms with Crippen molar-refractivity contribution in [2.45, 2.75) is 49.2 Å². The van der Waals surface area contributed by atoms with Crippen LogP contribution >= 0.6 is 22.9 Å². The molecule has 0 saturated carbocycles. The number of hydrogen-bond donors (Lipinski definition) is 0. The molecule has 0 radical (unpaired) electrons. The van der Waals surface area contributed by atoms with E-state index in [2.05, 4.69) is 41.5 Å². The highest BCUT2D eigenvalue weighted by atomic mass is 35.5. The van der Waals surface area contributed by atoms with Crippen LogP contribution in [-0.2, 0) is 22.7 Å². The lowest BCUT2D eigenvalue weighted by atomic mass is 10.1. The van der Waals surface area contributed by atoms with Gasteiger partial charge in [0.15, 0.2) is 15.0 Å². The molecule has 1 aromatic heterocycles. The molecule has 1 aliphatic heterocycles. The normalized spacial score (nSPS) is 15.3. The number of thiazole rings is 1. The number of nitrogens with zero attached hydrogens (tertiary/aromatic N) is 2. The van der Waals surface area contributed by atoms with E-state index in [1.165, 1.54) is 17.2 Å². The topological polar surface area (TPSA) is 50.3 Å². The fourth-order valence-corrected chi connectivity index (χ4v) is 7.24. The van der Waals surface area contributed by atoms with Gasteiger partial charge in [0.25, 0.3) is 0 Å². The summed E-state index contributed by atoms with van der Waals surface area (Å²) in [4.78, 5) is 6.95. The summed E-state index contributed by atoms with van der Waals surface area (Å²) in [5.41, 5.74) is 3.62. The van der Waals surface area contributed by atoms with Crippen LogP contribution in [0, 0.1) is 5.82 Å². The molecule has 3 aromatic rings. The standard InChI is InChI=1S/C24H26ClFN2O2S2/c1-2-3-17-4-6-18(7-5-17)14-20-16-31-24(27-20)28-12-10-21(11-13-28)32(29,30)23-9-8-19(26)15-22(23)25/h4-9,15-16,21H,2-3,10-14H2,1H3. The number of sulfone groups is 1. The van der Waals surface area contributed by atoms with Crippen LogP contribution in [0.1, 0.15) is 43.0 Å². The van der Waals surface area contributed by atoms with E-state index in [0.29, 0.717) is 25.9 Å². The molecule has 1 fully saturated rings. The van der Waals surface area contributed by atoms with Gasteiger partial charge in [-0.25, -0.2) is 17.8 Å². The molecule has 4 rings (SSSR count). The molecule has 0 aliphatic carbocycles. The summed E-state index contributed by atoms with van der Waals surface area (Å²) in [6, 6.07) is 12.2. The summed E-state index contributed by atoms with van der Waals surface area (Å²) in [7, 11) is -3.60. The number of halogens is 2. The van der Waals surface area contributed by atoms with Crippen molar-refractivity contribution < 1.29 is 12.8 Å². The van der Waals surface area contributed by atoms with E-state index >= 15 is 0 Å². The molecule has 2 heterocycles. The predicted octanol–water partition coefficient (Wildman–Crippen LogP) is 5.92. The Labute approximate surface area is 198 Å². The molecule has 0 bridgehead atoms. The van der Waals surface area contributed by atoms with Crippen LogP contribution in [0.4, 0.5) is 9.52 Å². The molecule has 2 aromatic carbocycles. The molecule has 0 spiro atoms. The number of aryl methyl sites for hydroxylation is 1. The number of piperidine rings is 1. The Morgan fingerprint density at radius 3 is 2.47 bits per heavy atom. The van der Waals surface area contributed by atoms with Crippen LogP contribution in [-0.4, -0.2) is 31.7 Å². The van der Waals surface area contributed by atoms with Crippen molar-refractivity contribution in [3.63, 3.8) is 0 Å². The number of aromatic nitrogens is 1. The van der Waals surface area contributed by atoms with Gasteiger partial charge in [-0.1, -0.05) is 49.2 Å². The van der Waals surface area contributed by atoms with Crippen LogP contribution in [0.2, 0.25) is 5.02 Å². The van der Waals surface area contributed by atoms with E-state index < -0.39 is 20.9 Å². The number of rotatable bonds is 7. The first-order chi connectivity index (χ1) is 15.4. The fraction of sp³-hybridized carbons (Fsp3) is 0.375. The first-order valence-corrected chi connectivity index (χ1v) is 13.6. The average molecular weight is 493 g/mol. The van der Waals surface area contributed by atoms with E-state index in [1.54, 1.807) is 11.3 Å². The van der Waals surface area contributed by atoms with Crippen LogP contribution in [0.5, 0.6) is 0 Å². The summed E-state index contributed by atoms with van der Waals surface area (Å²) >= 11 is 7.61. The van der Waals surface area contributed by atoms with Gasteiger partial charge in [-0.3, -0.25) is 0 Å². The Hall–Kier alpha value is -1.96. The Morgan fingerprint density at radius 2 is 1.81 bits per heavy atom. The summed E-state index contributed by atoms with van der Waals surface area (Å²) in [6.07, 6.45) is 4.01. The first kappa shape index (κ1) is 23.2. The second-order valence-electron chi connectivity index (χ2n) is 8.17. The SMILES string of the molecule is CCCc1ccc(Cc2csc(N3CCC(S(=O)(=O)c4ccc(F)cc4Cl)CC3)n2)cc1. The molecule has 32 heavy (non-hydrogen) atoms. The fourth-order valence-electron chi connectivity index (χ4n) is 4.09. The molecule has 0 N–H and O–H groups in total. The highest BCUT2D eigenvalue weighted by Gasteiger charge is 2.33. The van der Waals surface area contributed by atoms with E-state index in [9.17, 15) is 12.8 Å². The van der Waals surface area contributed by atoms with Gasteiger partial charge in [0.05, 0.1) is 20.9 Å². The van der Waals surface area contributed by atoms with Gasteiger partial charge in [0.1, 0.15) is 5.82 Å². The van der Waals surface area contributed by atoms with Gasteiger partial charge in [-0.15, -0.1) is 11.3 Å². The van der Waals surface area contributed by atoms with E-state index in [4.69, 9.17) is 16.6 Å². The molecular weight excluding hydrogens is 467 g/mol. The smallest absolute Gasteiger partial charge is 0.185 e. The van der Waals surface area contributed by atoms with E-state index in [1.807, 2.05) is 0 Å². The minimum absolute atomic E-state index is 0.0144. The van der Waals surface area contributed by atoms with Crippen molar-refractivity contribution in [2.75, 3.05) is 18.0 Å². The predicted molar refractivity (Wildman–Crippen MR) is 129 cm³/mol. The lowest BCUT2D eigenvalue weighted by molar-refractivity contribution is 0.529. The molecule has 170 valence electrons. The highest BCUT2D eigenvalue weighted by molar-refractivity contribution is 7.92. The monoisotopic (exact) mass is 492 g/mol. The first-order valence-electron chi connectivity index (χ1n) is 10.8. The van der Waals surface area contributed by atoms with E-state index in [0.717, 1.165) is 42.2 Å². The third-order valence-corrected chi connectivity index (χ3v) is 9.53. The Morgan fingerprint density at radius 1 is 1.12 bits per heavy atom. The number of anilines is 1. The van der Waals surface area contributed by atoms with Crippen LogP contribution in [0.15, 0.2) is 52.7 Å². The van der Waals surface area contributed by atoms with Crippen LogP contribution in [0.3, 0.4) is 0 Å². The quantitative estimate of drug-likeness (QED) is 0.384. The zero-order valence-electron chi connectivity index (χ0n) is 17.9. The zero-order valence-corrected chi connectivity index (χ0v) is 20.3. The molecule has 0 atom stereocenters. The number of benzene rings is 2. The highest BCUT2D eigenvalue weighted by Crippen LogP contribution is 2.32. The molecule has 4 nitrogen and oxygen atoms in total. The van der Waals surface area contributed by atoms with Crippen LogP contribution in [0.25, 0.3) is 0 Å². The van der Waals surface area contributed by atoms with Gasteiger partial charge in [-0.05, 0) is 48.6 Å². The zero-order chi connectivity index (χ0) is 22.7. The molecule has 1 aliphatic rings. The van der Waals surface area contributed by atoms with E-state index in [-0.39, 0.29) is 9.92 Å². The second kappa shape index (κ2) is 9.89.